The van der Waals surface area contributed by atoms with E-state index in [1.165, 1.54) is 22.6 Å². The van der Waals surface area contributed by atoms with Crippen molar-refractivity contribution in [2.45, 2.75) is 51.8 Å². The fourth-order valence-corrected chi connectivity index (χ4v) is 3.75. The highest BCUT2D eigenvalue weighted by atomic mass is 127. The van der Waals surface area contributed by atoms with Gasteiger partial charge in [-0.25, -0.2) is 4.98 Å². The Hall–Kier alpha value is -1.35. The van der Waals surface area contributed by atoms with Crippen molar-refractivity contribution in [2.75, 3.05) is 7.05 Å². The standard InChI is InChI=1S/C19H26N4OS.HI/c1-14-7-9-17(25-14)13-23-19(20-2)22-12-15-8-10-18(21-11-15)24-16-5-3-4-6-16;/h7-11,16H,3-6,12-13H2,1-2H3,(H2,20,22,23);1H. The molecule has 0 spiro atoms. The van der Waals surface area contributed by atoms with Gasteiger partial charge in [-0.1, -0.05) is 6.07 Å². The van der Waals surface area contributed by atoms with Crippen LogP contribution in [0.25, 0.3) is 0 Å². The van der Waals surface area contributed by atoms with E-state index in [1.54, 1.807) is 18.4 Å². The van der Waals surface area contributed by atoms with Gasteiger partial charge in [-0.3, -0.25) is 4.99 Å². The molecule has 0 bridgehead atoms. The van der Waals surface area contributed by atoms with Crippen LogP contribution in [0, 0.1) is 6.92 Å². The van der Waals surface area contributed by atoms with Crippen LogP contribution in [-0.2, 0) is 13.1 Å². The van der Waals surface area contributed by atoms with Gasteiger partial charge in [0, 0.05) is 35.6 Å². The lowest BCUT2D eigenvalue weighted by Crippen LogP contribution is -2.36. The number of thiophene rings is 1. The summed E-state index contributed by atoms with van der Waals surface area (Å²) < 4.78 is 5.90. The van der Waals surface area contributed by atoms with Gasteiger partial charge in [-0.05, 0) is 50.3 Å². The van der Waals surface area contributed by atoms with Gasteiger partial charge < -0.3 is 15.4 Å². The summed E-state index contributed by atoms with van der Waals surface area (Å²) in [6.07, 6.45) is 7.05. The third-order valence-electron chi connectivity index (χ3n) is 4.30. The number of nitrogens with one attached hydrogen (secondary N) is 2. The number of aromatic nitrogens is 1. The molecule has 3 rings (SSSR count). The Kier molecular flexibility index (Phi) is 8.64. The first-order valence-electron chi connectivity index (χ1n) is 8.84. The molecule has 1 fully saturated rings. The van der Waals surface area contributed by atoms with E-state index in [4.69, 9.17) is 4.74 Å². The summed E-state index contributed by atoms with van der Waals surface area (Å²) in [7, 11) is 1.78. The number of aryl methyl sites for hydroxylation is 1. The average molecular weight is 486 g/mol. The summed E-state index contributed by atoms with van der Waals surface area (Å²) >= 11 is 1.80. The third-order valence-corrected chi connectivity index (χ3v) is 5.30. The van der Waals surface area contributed by atoms with Gasteiger partial charge in [0.1, 0.15) is 6.10 Å². The molecule has 7 heteroatoms. The Labute approximate surface area is 176 Å². The first-order valence-corrected chi connectivity index (χ1v) is 9.66. The molecular weight excluding hydrogens is 459 g/mol. The predicted octanol–water partition coefficient (Wildman–Crippen LogP) is 4.26. The molecule has 2 heterocycles. The molecule has 2 N–H and O–H groups in total. The maximum Gasteiger partial charge on any atom is 0.213 e. The maximum absolute atomic E-state index is 5.90. The molecule has 2 aromatic rings. The maximum atomic E-state index is 5.90. The lowest BCUT2D eigenvalue weighted by atomic mass is 10.3. The molecule has 26 heavy (non-hydrogen) atoms. The summed E-state index contributed by atoms with van der Waals surface area (Å²) in [5, 5.41) is 6.65. The van der Waals surface area contributed by atoms with Crippen LogP contribution in [0.1, 0.15) is 41.0 Å². The largest absolute Gasteiger partial charge is 0.474 e. The van der Waals surface area contributed by atoms with E-state index >= 15 is 0 Å². The summed E-state index contributed by atoms with van der Waals surface area (Å²) in [6.45, 7) is 3.58. The van der Waals surface area contributed by atoms with Crippen LogP contribution in [0.4, 0.5) is 0 Å². The smallest absolute Gasteiger partial charge is 0.213 e. The highest BCUT2D eigenvalue weighted by Crippen LogP contribution is 2.22. The fraction of sp³-hybridized carbons (Fsp3) is 0.474. The minimum atomic E-state index is 0. The zero-order chi connectivity index (χ0) is 17.5. The summed E-state index contributed by atoms with van der Waals surface area (Å²) in [5.41, 5.74) is 1.11. The number of nitrogens with zero attached hydrogens (tertiary/aromatic N) is 2. The number of aliphatic imine (C=N–C) groups is 1. The number of guanidine groups is 1. The van der Waals surface area contributed by atoms with Crippen molar-refractivity contribution in [1.29, 1.82) is 0 Å². The van der Waals surface area contributed by atoms with E-state index < -0.39 is 0 Å². The van der Waals surface area contributed by atoms with Crippen LogP contribution in [0.15, 0.2) is 35.5 Å². The zero-order valence-corrected chi connectivity index (χ0v) is 18.5. The van der Waals surface area contributed by atoms with Crippen LogP contribution < -0.4 is 15.4 Å². The van der Waals surface area contributed by atoms with Gasteiger partial charge in [0.05, 0.1) is 6.54 Å². The Morgan fingerprint density at radius 1 is 1.19 bits per heavy atom. The molecule has 0 aliphatic heterocycles. The number of halogens is 1. The SMILES string of the molecule is CN=C(NCc1ccc(OC2CCCC2)nc1)NCc1ccc(C)s1.I. The monoisotopic (exact) mass is 486 g/mol. The Bertz CT molecular complexity index is 696. The molecule has 0 radical (unpaired) electrons. The van der Waals surface area contributed by atoms with Gasteiger partial charge >= 0.3 is 0 Å². The third kappa shape index (κ3) is 6.42. The topological polar surface area (TPSA) is 58.5 Å². The zero-order valence-electron chi connectivity index (χ0n) is 15.3. The van der Waals surface area contributed by atoms with Crippen molar-refractivity contribution in [1.82, 2.24) is 15.6 Å². The van der Waals surface area contributed by atoms with Crippen molar-refractivity contribution in [3.8, 4) is 5.88 Å². The molecule has 5 nitrogen and oxygen atoms in total. The van der Waals surface area contributed by atoms with E-state index in [1.807, 2.05) is 12.3 Å². The fourth-order valence-electron chi connectivity index (χ4n) is 2.92. The minimum absolute atomic E-state index is 0. The lowest BCUT2D eigenvalue weighted by molar-refractivity contribution is 0.201. The number of rotatable bonds is 6. The van der Waals surface area contributed by atoms with Crippen molar-refractivity contribution < 1.29 is 4.74 Å². The number of pyridine rings is 1. The summed E-state index contributed by atoms with van der Waals surface area (Å²) in [5.74, 6) is 1.52. The number of hydrogen-bond acceptors (Lipinski definition) is 4. The van der Waals surface area contributed by atoms with Crippen molar-refractivity contribution >= 4 is 41.3 Å². The molecule has 1 aliphatic carbocycles. The molecule has 1 aliphatic rings. The molecule has 1 saturated carbocycles. The average Bonchev–Trinajstić information content (AvgIpc) is 3.28. The number of ether oxygens (including phenoxy) is 1. The highest BCUT2D eigenvalue weighted by molar-refractivity contribution is 14.0. The van der Waals surface area contributed by atoms with Gasteiger partial charge in [-0.2, -0.15) is 0 Å². The molecule has 0 atom stereocenters. The van der Waals surface area contributed by atoms with Crippen LogP contribution in [0.5, 0.6) is 5.88 Å². The quantitative estimate of drug-likeness (QED) is 0.364. The van der Waals surface area contributed by atoms with E-state index in [-0.39, 0.29) is 24.0 Å². The van der Waals surface area contributed by atoms with Gasteiger partial charge in [0.25, 0.3) is 0 Å². The van der Waals surface area contributed by atoms with Crippen molar-refractivity contribution in [2.24, 2.45) is 4.99 Å². The summed E-state index contributed by atoms with van der Waals surface area (Å²) in [4.78, 5) is 11.3. The Morgan fingerprint density at radius 3 is 2.58 bits per heavy atom. The molecule has 0 aromatic carbocycles. The highest BCUT2D eigenvalue weighted by Gasteiger charge is 2.16. The van der Waals surface area contributed by atoms with Crippen molar-refractivity contribution in [3.05, 3.63) is 45.8 Å². The minimum Gasteiger partial charge on any atom is -0.474 e. The first-order chi connectivity index (χ1) is 12.2. The predicted molar refractivity (Wildman–Crippen MR) is 119 cm³/mol. The van der Waals surface area contributed by atoms with E-state index in [0.717, 1.165) is 36.8 Å². The van der Waals surface area contributed by atoms with Crippen LogP contribution >= 0.6 is 35.3 Å². The summed E-state index contributed by atoms with van der Waals surface area (Å²) in [6, 6.07) is 8.30. The second-order valence-corrected chi connectivity index (χ2v) is 7.69. The van der Waals surface area contributed by atoms with Crippen LogP contribution in [0.3, 0.4) is 0 Å². The number of hydrogen-bond donors (Lipinski definition) is 2. The van der Waals surface area contributed by atoms with E-state index in [9.17, 15) is 0 Å². The van der Waals surface area contributed by atoms with E-state index in [2.05, 4.69) is 45.7 Å². The van der Waals surface area contributed by atoms with Crippen LogP contribution in [0.2, 0.25) is 0 Å². The van der Waals surface area contributed by atoms with Crippen LogP contribution in [-0.4, -0.2) is 24.1 Å². The Morgan fingerprint density at radius 2 is 1.96 bits per heavy atom. The normalized spacial score (nSPS) is 14.8. The molecule has 0 saturated heterocycles. The van der Waals surface area contributed by atoms with Gasteiger partial charge in [-0.15, -0.1) is 35.3 Å². The van der Waals surface area contributed by atoms with Gasteiger partial charge in [0.2, 0.25) is 5.88 Å². The molecule has 0 unspecified atom stereocenters. The second kappa shape index (κ2) is 10.7. The molecule has 0 amide bonds. The first kappa shape index (κ1) is 21.0. The van der Waals surface area contributed by atoms with Crippen molar-refractivity contribution in [3.63, 3.8) is 0 Å². The molecule has 142 valence electrons. The molecule has 2 aromatic heterocycles. The Balaban J connectivity index is 0.00000243. The second-order valence-electron chi connectivity index (χ2n) is 6.32. The molecular formula is C19H27IN4OS. The van der Waals surface area contributed by atoms with Gasteiger partial charge in [0.15, 0.2) is 5.96 Å². The lowest BCUT2D eigenvalue weighted by Gasteiger charge is -2.13. The van der Waals surface area contributed by atoms with E-state index in [0.29, 0.717) is 12.6 Å².